The van der Waals surface area contributed by atoms with Gasteiger partial charge in [-0.2, -0.15) is 22.0 Å². The molecule has 154 valence electrons. The fourth-order valence-electron chi connectivity index (χ4n) is 2.36. The van der Waals surface area contributed by atoms with Gasteiger partial charge in [0.05, 0.1) is 6.61 Å². The van der Waals surface area contributed by atoms with E-state index in [1.807, 2.05) is 0 Å². The highest BCUT2D eigenvalue weighted by Crippen LogP contribution is 2.31. The highest BCUT2D eigenvalue weighted by molar-refractivity contribution is 5.35. The van der Waals surface area contributed by atoms with Crippen LogP contribution in [-0.4, -0.2) is 19.3 Å². The molecule has 28 heavy (non-hydrogen) atoms. The Kier molecular flexibility index (Phi) is 7.04. The molecule has 0 unspecified atom stereocenters. The summed E-state index contributed by atoms with van der Waals surface area (Å²) >= 11 is 0. The van der Waals surface area contributed by atoms with Crippen molar-refractivity contribution in [3.63, 3.8) is 0 Å². The maximum Gasteiger partial charge on any atom is 0.433 e. The smallest absolute Gasteiger partial charge is 0.433 e. The van der Waals surface area contributed by atoms with E-state index in [0.29, 0.717) is 6.42 Å². The van der Waals surface area contributed by atoms with Crippen LogP contribution in [0.5, 0.6) is 17.2 Å². The maximum absolute atomic E-state index is 13.9. The molecule has 2 rings (SSSR count). The van der Waals surface area contributed by atoms with Gasteiger partial charge in [-0.1, -0.05) is 19.4 Å². The molecule has 0 atom stereocenters. The molecule has 0 heterocycles. The van der Waals surface area contributed by atoms with Crippen molar-refractivity contribution in [3.05, 3.63) is 53.1 Å². The minimum Gasteiger partial charge on any atom is -0.491 e. The molecule has 0 aliphatic carbocycles. The van der Waals surface area contributed by atoms with Gasteiger partial charge in [-0.3, -0.25) is 0 Å². The molecule has 0 saturated carbocycles. The molecule has 0 saturated heterocycles. The van der Waals surface area contributed by atoms with Crippen molar-refractivity contribution < 1.29 is 40.6 Å². The summed E-state index contributed by atoms with van der Waals surface area (Å²) in [5, 5.41) is 0. The molecule has 0 aliphatic rings. The third kappa shape index (κ3) is 5.02. The molecule has 3 nitrogen and oxygen atoms in total. The van der Waals surface area contributed by atoms with Crippen molar-refractivity contribution in [2.24, 2.45) is 0 Å². The average Bonchev–Trinajstić information content (AvgIpc) is 2.65. The first-order valence-corrected chi connectivity index (χ1v) is 8.47. The zero-order valence-corrected chi connectivity index (χ0v) is 15.1. The van der Waals surface area contributed by atoms with Crippen LogP contribution in [-0.2, 0) is 6.42 Å². The maximum atomic E-state index is 13.9. The molecular weight excluding hydrogens is 390 g/mol. The molecule has 2 aromatic carbocycles. The van der Waals surface area contributed by atoms with E-state index in [-0.39, 0.29) is 18.6 Å². The van der Waals surface area contributed by atoms with E-state index >= 15 is 0 Å². The van der Waals surface area contributed by atoms with Crippen LogP contribution in [0.4, 0.5) is 26.3 Å². The number of halogens is 6. The number of aryl methyl sites for hydroxylation is 1. The van der Waals surface area contributed by atoms with Crippen molar-refractivity contribution in [2.75, 3.05) is 13.2 Å². The summed E-state index contributed by atoms with van der Waals surface area (Å²) in [6.07, 6.45) is -3.38. The summed E-state index contributed by atoms with van der Waals surface area (Å²) in [5.74, 6) is -8.01. The molecular formula is C19H18F6O3. The number of alkyl halides is 2. The monoisotopic (exact) mass is 408 g/mol. The third-order valence-electron chi connectivity index (χ3n) is 3.61. The van der Waals surface area contributed by atoms with Crippen LogP contribution in [0.15, 0.2) is 24.3 Å². The summed E-state index contributed by atoms with van der Waals surface area (Å²) in [6.45, 7) is 1.81. The van der Waals surface area contributed by atoms with Gasteiger partial charge < -0.3 is 14.2 Å². The second kappa shape index (κ2) is 9.07. The molecule has 0 aliphatic heterocycles. The lowest BCUT2D eigenvalue weighted by Crippen LogP contribution is -2.33. The van der Waals surface area contributed by atoms with Crippen molar-refractivity contribution in [1.29, 1.82) is 0 Å². The summed E-state index contributed by atoms with van der Waals surface area (Å²) in [5.41, 5.74) is 0.0267. The molecule has 0 fully saturated rings. The van der Waals surface area contributed by atoms with Gasteiger partial charge in [-0.25, -0.2) is 4.39 Å². The lowest BCUT2D eigenvalue weighted by molar-refractivity contribution is -0.197. The largest absolute Gasteiger partial charge is 0.491 e. The number of hydrogen-bond donors (Lipinski definition) is 0. The van der Waals surface area contributed by atoms with Crippen LogP contribution in [0.2, 0.25) is 0 Å². The molecule has 0 N–H and O–H groups in total. The van der Waals surface area contributed by atoms with E-state index in [1.165, 1.54) is 0 Å². The third-order valence-corrected chi connectivity index (χ3v) is 3.61. The van der Waals surface area contributed by atoms with Crippen molar-refractivity contribution >= 4 is 0 Å². The van der Waals surface area contributed by atoms with Gasteiger partial charge in [0.25, 0.3) is 0 Å². The van der Waals surface area contributed by atoms with Gasteiger partial charge in [0, 0.05) is 0 Å². The van der Waals surface area contributed by atoms with Crippen LogP contribution >= 0.6 is 0 Å². The summed E-state index contributed by atoms with van der Waals surface area (Å²) in [7, 11) is 0. The first-order chi connectivity index (χ1) is 13.2. The van der Waals surface area contributed by atoms with E-state index in [2.05, 4.69) is 9.47 Å². The van der Waals surface area contributed by atoms with E-state index in [9.17, 15) is 26.3 Å². The fraction of sp³-hybridized carbons (Fsp3) is 0.368. The van der Waals surface area contributed by atoms with E-state index in [0.717, 1.165) is 24.3 Å². The van der Waals surface area contributed by atoms with Crippen molar-refractivity contribution in [3.8, 4) is 17.2 Å². The van der Waals surface area contributed by atoms with Crippen LogP contribution in [0.25, 0.3) is 0 Å². The minimum absolute atomic E-state index is 0.0267. The standard InChI is InChI=1S/C19H18F6O3/c1-3-5-11-6-7-14(18(23)15(11)20)28-19(24,25)10-27-13-9-8-12(26-4-2)16(21)17(13)22/h6-9H,3-5,10H2,1-2H3. The van der Waals surface area contributed by atoms with Crippen LogP contribution in [0.1, 0.15) is 25.8 Å². The molecule has 0 spiro atoms. The molecule has 0 amide bonds. The first-order valence-electron chi connectivity index (χ1n) is 8.47. The molecule has 0 aromatic heterocycles. The zero-order chi connectivity index (χ0) is 20.9. The van der Waals surface area contributed by atoms with Crippen LogP contribution in [0.3, 0.4) is 0 Å². The number of hydrogen-bond acceptors (Lipinski definition) is 3. The van der Waals surface area contributed by atoms with Crippen LogP contribution in [0, 0.1) is 23.3 Å². The molecule has 9 heteroatoms. The highest BCUT2D eigenvalue weighted by Gasteiger charge is 2.35. The number of ether oxygens (including phenoxy) is 3. The molecule has 0 bridgehead atoms. The SMILES string of the molecule is CCCc1ccc(OC(F)(F)COc2ccc(OCC)c(F)c2F)c(F)c1F. The fourth-order valence-corrected chi connectivity index (χ4v) is 2.36. The lowest BCUT2D eigenvalue weighted by Gasteiger charge is -2.20. The van der Waals surface area contributed by atoms with E-state index in [1.54, 1.807) is 13.8 Å². The van der Waals surface area contributed by atoms with Gasteiger partial charge in [0.2, 0.25) is 17.5 Å². The number of benzene rings is 2. The van der Waals surface area contributed by atoms with Crippen molar-refractivity contribution in [1.82, 2.24) is 0 Å². The molecule has 0 radical (unpaired) electrons. The Bertz CT molecular complexity index is 826. The summed E-state index contributed by atoms with van der Waals surface area (Å²) in [4.78, 5) is 0. The van der Waals surface area contributed by atoms with Gasteiger partial charge in [0.1, 0.15) is 0 Å². The first kappa shape index (κ1) is 21.7. The highest BCUT2D eigenvalue weighted by atomic mass is 19.3. The topological polar surface area (TPSA) is 27.7 Å². The van der Waals surface area contributed by atoms with E-state index in [4.69, 9.17) is 4.74 Å². The Balaban J connectivity index is 2.11. The summed E-state index contributed by atoms with van der Waals surface area (Å²) < 4.78 is 96.7. The predicted octanol–water partition coefficient (Wildman–Crippen LogP) is 5.64. The normalized spacial score (nSPS) is 11.4. The Morgan fingerprint density at radius 2 is 1.29 bits per heavy atom. The predicted molar refractivity (Wildman–Crippen MR) is 89.0 cm³/mol. The Morgan fingerprint density at radius 1 is 0.750 bits per heavy atom. The Morgan fingerprint density at radius 3 is 1.86 bits per heavy atom. The number of rotatable bonds is 9. The van der Waals surface area contributed by atoms with Crippen molar-refractivity contribution in [2.45, 2.75) is 32.8 Å². The zero-order valence-electron chi connectivity index (χ0n) is 15.1. The van der Waals surface area contributed by atoms with Gasteiger partial charge >= 0.3 is 6.11 Å². The second-order valence-corrected chi connectivity index (χ2v) is 5.75. The second-order valence-electron chi connectivity index (χ2n) is 5.75. The van der Waals surface area contributed by atoms with E-state index < -0.39 is 53.2 Å². The molecule has 2 aromatic rings. The van der Waals surface area contributed by atoms with Gasteiger partial charge in [0.15, 0.2) is 29.7 Å². The Labute approximate surface area is 157 Å². The Hall–Kier alpha value is -2.58. The summed E-state index contributed by atoms with van der Waals surface area (Å²) in [6, 6.07) is 3.92. The van der Waals surface area contributed by atoms with Crippen LogP contribution < -0.4 is 14.2 Å². The van der Waals surface area contributed by atoms with Gasteiger partial charge in [-0.05, 0) is 37.1 Å². The minimum atomic E-state index is -4.14. The lowest BCUT2D eigenvalue weighted by atomic mass is 10.1. The van der Waals surface area contributed by atoms with Gasteiger partial charge in [-0.15, -0.1) is 0 Å². The quantitative estimate of drug-likeness (QED) is 0.503. The average molecular weight is 408 g/mol.